The Bertz CT molecular complexity index is 1170. The van der Waals surface area contributed by atoms with Gasteiger partial charge in [-0.2, -0.15) is 0 Å². The smallest absolute Gasteiger partial charge is 0.251 e. The maximum absolute atomic E-state index is 13.9. The van der Waals surface area contributed by atoms with Crippen molar-refractivity contribution in [3.05, 3.63) is 67.9 Å². The van der Waals surface area contributed by atoms with Crippen LogP contribution in [0.5, 0.6) is 0 Å². The van der Waals surface area contributed by atoms with E-state index in [9.17, 15) is 18.4 Å². The van der Waals surface area contributed by atoms with Gasteiger partial charge in [0.1, 0.15) is 5.82 Å². The lowest BCUT2D eigenvalue weighted by Gasteiger charge is -2.09. The van der Waals surface area contributed by atoms with Gasteiger partial charge in [0.2, 0.25) is 5.91 Å². The molecule has 0 spiro atoms. The van der Waals surface area contributed by atoms with Gasteiger partial charge in [0.15, 0.2) is 16.8 Å². The summed E-state index contributed by atoms with van der Waals surface area (Å²) >= 11 is 15.9. The summed E-state index contributed by atoms with van der Waals surface area (Å²) in [5.41, 5.74) is 0.188. The first-order valence-corrected chi connectivity index (χ1v) is 11.4. The predicted molar refractivity (Wildman–Crippen MR) is 122 cm³/mol. The van der Waals surface area contributed by atoms with Crippen molar-refractivity contribution in [1.29, 1.82) is 0 Å². The molecule has 0 aliphatic rings. The van der Waals surface area contributed by atoms with Gasteiger partial charge in [-0.05, 0) is 40.2 Å². The number of halogens is 5. The van der Waals surface area contributed by atoms with Gasteiger partial charge in [0, 0.05) is 23.2 Å². The topological polar surface area (TPSA) is 88.9 Å². The van der Waals surface area contributed by atoms with Crippen molar-refractivity contribution in [2.24, 2.45) is 7.05 Å². The molecule has 2 N–H and O–H groups in total. The largest absolute Gasteiger partial charge is 0.345 e. The van der Waals surface area contributed by atoms with E-state index in [4.69, 9.17) is 23.2 Å². The average molecular weight is 565 g/mol. The van der Waals surface area contributed by atoms with Crippen LogP contribution in [0.3, 0.4) is 0 Å². The molecular weight excluding hydrogens is 551 g/mol. The van der Waals surface area contributed by atoms with Gasteiger partial charge in [-0.15, -0.1) is 10.2 Å². The molecule has 0 aliphatic heterocycles. The third-order valence-electron chi connectivity index (χ3n) is 4.12. The van der Waals surface area contributed by atoms with Crippen molar-refractivity contribution < 1.29 is 18.4 Å². The Morgan fingerprint density at radius 3 is 2.59 bits per heavy atom. The summed E-state index contributed by atoms with van der Waals surface area (Å²) < 4.78 is 28.7. The van der Waals surface area contributed by atoms with Crippen LogP contribution in [-0.4, -0.2) is 32.3 Å². The second-order valence-electron chi connectivity index (χ2n) is 6.35. The van der Waals surface area contributed by atoms with Crippen molar-refractivity contribution in [2.75, 3.05) is 11.1 Å². The van der Waals surface area contributed by atoms with Crippen LogP contribution in [0.25, 0.3) is 0 Å². The van der Waals surface area contributed by atoms with Gasteiger partial charge in [-0.1, -0.05) is 35.0 Å². The highest BCUT2D eigenvalue weighted by molar-refractivity contribution is 9.10. The van der Waals surface area contributed by atoms with E-state index < -0.39 is 17.5 Å². The molecule has 7 nitrogen and oxygen atoms in total. The zero-order chi connectivity index (χ0) is 23.4. The summed E-state index contributed by atoms with van der Waals surface area (Å²) in [4.78, 5) is 24.4. The number of carbonyl (C=O) groups is 2. The lowest BCUT2D eigenvalue weighted by Crippen LogP contribution is -2.24. The number of hydrogen-bond donors (Lipinski definition) is 2. The predicted octanol–water partition coefficient (Wildman–Crippen LogP) is 4.82. The van der Waals surface area contributed by atoms with Crippen molar-refractivity contribution in [2.45, 2.75) is 11.7 Å². The first-order valence-electron chi connectivity index (χ1n) is 8.84. The number of rotatable bonds is 7. The standard InChI is InChI=1S/C19H14BrCl2F2N5O2S/c1-29-15(7-25-18(31)9-2-3-12(21)13(22)4-9)27-28-19(29)32-8-16(30)26-17-11(20)5-10(23)6-14(17)24/h2-6H,7-8H2,1H3,(H,25,31)(H,26,30). The molecule has 32 heavy (non-hydrogen) atoms. The van der Waals surface area contributed by atoms with E-state index in [1.807, 2.05) is 0 Å². The van der Waals surface area contributed by atoms with Crippen LogP contribution in [0.2, 0.25) is 10.0 Å². The molecule has 0 aliphatic carbocycles. The second kappa shape index (κ2) is 10.6. The Morgan fingerprint density at radius 1 is 1.16 bits per heavy atom. The summed E-state index contributed by atoms with van der Waals surface area (Å²) in [7, 11) is 1.68. The molecule has 0 saturated carbocycles. The summed E-state index contributed by atoms with van der Waals surface area (Å²) in [5, 5.41) is 14.1. The normalized spacial score (nSPS) is 10.8. The number of amides is 2. The molecule has 1 aromatic heterocycles. The van der Waals surface area contributed by atoms with Crippen LogP contribution in [0.1, 0.15) is 16.2 Å². The quantitative estimate of drug-likeness (QED) is 0.401. The second-order valence-corrected chi connectivity index (χ2v) is 8.96. The molecular formula is C19H14BrCl2F2N5O2S. The van der Waals surface area contributed by atoms with Crippen molar-refractivity contribution >= 4 is 68.4 Å². The minimum Gasteiger partial charge on any atom is -0.345 e. The fourth-order valence-corrected chi connectivity index (χ4v) is 4.03. The number of thioether (sulfide) groups is 1. The summed E-state index contributed by atoms with van der Waals surface area (Å²) in [6.45, 7) is 0.0864. The minimum atomic E-state index is -0.895. The highest BCUT2D eigenvalue weighted by Gasteiger charge is 2.16. The summed E-state index contributed by atoms with van der Waals surface area (Å²) in [6, 6.07) is 6.25. The Kier molecular flexibility index (Phi) is 8.10. The van der Waals surface area contributed by atoms with Crippen LogP contribution in [0.4, 0.5) is 14.5 Å². The molecule has 2 aromatic carbocycles. The number of nitrogens with one attached hydrogen (secondary N) is 2. The number of aromatic nitrogens is 3. The molecule has 1 heterocycles. The van der Waals surface area contributed by atoms with Gasteiger partial charge >= 0.3 is 0 Å². The number of anilines is 1. The molecule has 0 saturated heterocycles. The van der Waals surface area contributed by atoms with Crippen molar-refractivity contribution in [3.63, 3.8) is 0 Å². The van der Waals surface area contributed by atoms with Crippen LogP contribution in [-0.2, 0) is 18.4 Å². The van der Waals surface area contributed by atoms with E-state index >= 15 is 0 Å². The molecule has 3 rings (SSSR count). The lowest BCUT2D eigenvalue weighted by molar-refractivity contribution is -0.113. The fourth-order valence-electron chi connectivity index (χ4n) is 2.49. The highest BCUT2D eigenvalue weighted by atomic mass is 79.9. The molecule has 3 aromatic rings. The van der Waals surface area contributed by atoms with E-state index in [1.54, 1.807) is 17.7 Å². The molecule has 2 amide bonds. The number of nitrogens with zero attached hydrogens (tertiary/aromatic N) is 3. The maximum Gasteiger partial charge on any atom is 0.251 e. The van der Waals surface area contributed by atoms with E-state index in [1.165, 1.54) is 12.1 Å². The molecule has 0 bridgehead atoms. The fraction of sp³-hybridized carbons (Fsp3) is 0.158. The van der Waals surface area contributed by atoms with E-state index in [0.717, 1.165) is 17.8 Å². The molecule has 0 fully saturated rings. The van der Waals surface area contributed by atoms with Crippen molar-refractivity contribution in [3.8, 4) is 0 Å². The van der Waals surface area contributed by atoms with Gasteiger partial charge in [0.05, 0.1) is 28.0 Å². The van der Waals surface area contributed by atoms with Crippen LogP contribution in [0, 0.1) is 11.6 Å². The molecule has 0 radical (unpaired) electrons. The first-order chi connectivity index (χ1) is 15.2. The maximum atomic E-state index is 13.9. The third-order valence-corrected chi connectivity index (χ3v) is 6.50. The molecule has 13 heteroatoms. The average Bonchev–Trinajstić information content (AvgIpc) is 3.08. The SMILES string of the molecule is Cn1c(CNC(=O)c2ccc(Cl)c(Cl)c2)nnc1SCC(=O)Nc1c(F)cc(F)cc1Br. The zero-order valence-electron chi connectivity index (χ0n) is 16.3. The monoisotopic (exact) mass is 563 g/mol. The Morgan fingerprint density at radius 2 is 1.91 bits per heavy atom. The van der Waals surface area contributed by atoms with Gasteiger partial charge < -0.3 is 15.2 Å². The van der Waals surface area contributed by atoms with E-state index in [-0.39, 0.29) is 33.4 Å². The molecule has 0 atom stereocenters. The lowest BCUT2D eigenvalue weighted by atomic mass is 10.2. The Balaban J connectivity index is 1.56. The summed E-state index contributed by atoms with van der Waals surface area (Å²) in [5.74, 6) is -2.18. The van der Waals surface area contributed by atoms with E-state index in [0.29, 0.717) is 27.6 Å². The van der Waals surface area contributed by atoms with Crippen molar-refractivity contribution in [1.82, 2.24) is 20.1 Å². The number of carbonyl (C=O) groups excluding carboxylic acids is 2. The van der Waals surface area contributed by atoms with Crippen LogP contribution < -0.4 is 10.6 Å². The highest BCUT2D eigenvalue weighted by Crippen LogP contribution is 2.27. The summed E-state index contributed by atoms with van der Waals surface area (Å²) in [6.07, 6.45) is 0. The minimum absolute atomic E-state index is 0.0864. The molecule has 0 unspecified atom stereocenters. The number of benzene rings is 2. The molecule has 168 valence electrons. The Hall–Kier alpha value is -2.21. The van der Waals surface area contributed by atoms with Crippen LogP contribution in [0.15, 0.2) is 40.0 Å². The Labute approximate surface area is 204 Å². The first kappa shape index (κ1) is 24.4. The number of hydrogen-bond acceptors (Lipinski definition) is 5. The van der Waals surface area contributed by atoms with Gasteiger partial charge in [0.25, 0.3) is 5.91 Å². The van der Waals surface area contributed by atoms with E-state index in [2.05, 4.69) is 36.8 Å². The van der Waals surface area contributed by atoms with Crippen LogP contribution >= 0.6 is 50.9 Å². The van der Waals surface area contributed by atoms with Gasteiger partial charge in [-0.3, -0.25) is 9.59 Å². The third kappa shape index (κ3) is 5.97. The zero-order valence-corrected chi connectivity index (χ0v) is 20.2. The van der Waals surface area contributed by atoms with Gasteiger partial charge in [-0.25, -0.2) is 8.78 Å².